The largest absolute Gasteiger partial charge is 0.480 e. The average molecular weight is 406 g/mol. The van der Waals surface area contributed by atoms with Crippen molar-refractivity contribution in [2.45, 2.75) is 0 Å². The number of fused-ring (bicyclic) bond motifs is 1. The number of hydrogen-bond acceptors (Lipinski definition) is 5. The summed E-state index contributed by atoms with van der Waals surface area (Å²) >= 11 is 6.63. The third kappa shape index (κ3) is 4.12. The van der Waals surface area contributed by atoms with Gasteiger partial charge in [0.2, 0.25) is 0 Å². The predicted molar refractivity (Wildman–Crippen MR) is 114 cm³/mol. The minimum atomic E-state index is -0.983. The second kappa shape index (κ2) is 8.16. The highest BCUT2D eigenvalue weighted by molar-refractivity contribution is 6.36. The molecule has 4 rings (SSSR count). The molecular weight excluding hydrogens is 390 g/mol. The van der Waals surface area contributed by atoms with Gasteiger partial charge in [0.05, 0.1) is 16.1 Å². The number of aliphatic imine (C=N–C) groups is 1. The van der Waals surface area contributed by atoms with Gasteiger partial charge in [-0.3, -0.25) is 9.79 Å². The molecular formula is C22H16ClN3O3. The van der Waals surface area contributed by atoms with Crippen LogP contribution in [0.25, 0.3) is 22.1 Å². The van der Waals surface area contributed by atoms with Crippen molar-refractivity contribution in [3.63, 3.8) is 0 Å². The van der Waals surface area contributed by atoms with Gasteiger partial charge in [-0.1, -0.05) is 65.3 Å². The number of halogens is 1. The number of rotatable bonds is 6. The van der Waals surface area contributed by atoms with Gasteiger partial charge in [-0.25, -0.2) is 0 Å². The van der Waals surface area contributed by atoms with Crippen LogP contribution in [0.15, 0.2) is 76.2 Å². The van der Waals surface area contributed by atoms with Crippen LogP contribution < -0.4 is 5.32 Å². The van der Waals surface area contributed by atoms with Gasteiger partial charge in [0.15, 0.2) is 11.4 Å². The van der Waals surface area contributed by atoms with Crippen molar-refractivity contribution in [2.24, 2.45) is 4.99 Å². The lowest BCUT2D eigenvalue weighted by molar-refractivity contribution is -0.135. The van der Waals surface area contributed by atoms with Crippen LogP contribution in [0.5, 0.6) is 0 Å². The van der Waals surface area contributed by atoms with Gasteiger partial charge in [0, 0.05) is 11.8 Å². The Hall–Kier alpha value is -3.64. The molecule has 4 aromatic rings. The van der Waals surface area contributed by atoms with Crippen LogP contribution in [0, 0.1) is 0 Å². The maximum atomic E-state index is 10.6. The fourth-order valence-corrected chi connectivity index (χ4v) is 3.23. The van der Waals surface area contributed by atoms with Crippen molar-refractivity contribution >= 4 is 46.3 Å². The second-order valence-corrected chi connectivity index (χ2v) is 6.69. The number of carboxylic acids is 1. The summed E-state index contributed by atoms with van der Waals surface area (Å²) in [7, 11) is 0. The quantitative estimate of drug-likeness (QED) is 0.419. The summed E-state index contributed by atoms with van der Waals surface area (Å²) in [6.45, 7) is -0.280. The normalized spacial score (nSPS) is 11.2. The highest BCUT2D eigenvalue weighted by atomic mass is 35.5. The Balaban J connectivity index is 1.62. The minimum Gasteiger partial charge on any atom is -0.480 e. The first-order chi connectivity index (χ1) is 14.1. The number of aromatic nitrogens is 1. The molecule has 3 aromatic carbocycles. The zero-order valence-electron chi connectivity index (χ0n) is 15.2. The van der Waals surface area contributed by atoms with E-state index in [9.17, 15) is 4.79 Å². The van der Waals surface area contributed by atoms with E-state index in [0.717, 1.165) is 27.8 Å². The molecule has 29 heavy (non-hydrogen) atoms. The molecule has 0 aliphatic heterocycles. The minimum absolute atomic E-state index is 0.280. The van der Waals surface area contributed by atoms with Crippen LogP contribution in [0.4, 0.5) is 11.5 Å². The molecule has 0 aliphatic rings. The van der Waals surface area contributed by atoms with Crippen molar-refractivity contribution < 1.29 is 14.4 Å². The number of nitrogens with one attached hydrogen (secondary N) is 1. The summed E-state index contributed by atoms with van der Waals surface area (Å²) < 4.78 is 5.41. The lowest BCUT2D eigenvalue weighted by Crippen LogP contribution is -1.99. The van der Waals surface area contributed by atoms with E-state index in [1.165, 1.54) is 6.21 Å². The fourth-order valence-electron chi connectivity index (χ4n) is 2.95. The van der Waals surface area contributed by atoms with Crippen molar-refractivity contribution in [1.29, 1.82) is 0 Å². The Morgan fingerprint density at radius 2 is 1.97 bits per heavy atom. The maximum absolute atomic E-state index is 10.6. The Morgan fingerprint density at radius 1 is 1.14 bits per heavy atom. The molecule has 6 nitrogen and oxygen atoms in total. The lowest BCUT2D eigenvalue weighted by atomic mass is 10.0. The number of aliphatic carboxylic acids is 1. The molecule has 0 saturated heterocycles. The predicted octanol–water partition coefficient (Wildman–Crippen LogP) is 5.40. The van der Waals surface area contributed by atoms with E-state index >= 15 is 0 Å². The summed E-state index contributed by atoms with van der Waals surface area (Å²) in [5, 5.41) is 17.4. The summed E-state index contributed by atoms with van der Waals surface area (Å²) in [6, 6.07) is 21.1. The fraction of sp³-hybridized carbons (Fsp3) is 0.0455. The van der Waals surface area contributed by atoms with Gasteiger partial charge >= 0.3 is 5.97 Å². The van der Waals surface area contributed by atoms with Gasteiger partial charge in [-0.2, -0.15) is 0 Å². The van der Waals surface area contributed by atoms with E-state index in [-0.39, 0.29) is 6.54 Å². The number of anilines is 2. The molecule has 144 valence electrons. The second-order valence-electron chi connectivity index (χ2n) is 6.31. The SMILES string of the molecule is O=C(O)CN=Cc1ccc2c(Nc3cccc(-c4ccccc4)c3Cl)noc2c1. The number of benzene rings is 3. The molecule has 7 heteroatoms. The first kappa shape index (κ1) is 18.7. The monoisotopic (exact) mass is 405 g/mol. The zero-order chi connectivity index (χ0) is 20.2. The van der Waals surface area contributed by atoms with Crippen LogP contribution >= 0.6 is 11.6 Å². The summed E-state index contributed by atoms with van der Waals surface area (Å²) in [5.74, 6) is -0.441. The summed E-state index contributed by atoms with van der Waals surface area (Å²) in [5.41, 5.74) is 3.95. The van der Waals surface area contributed by atoms with E-state index in [4.69, 9.17) is 21.2 Å². The molecule has 2 N–H and O–H groups in total. The Bertz CT molecular complexity index is 1200. The van der Waals surface area contributed by atoms with Gasteiger partial charge < -0.3 is 14.9 Å². The van der Waals surface area contributed by atoms with Crippen molar-refractivity contribution in [1.82, 2.24) is 5.16 Å². The first-order valence-electron chi connectivity index (χ1n) is 8.84. The summed E-state index contributed by atoms with van der Waals surface area (Å²) in [4.78, 5) is 14.4. The molecule has 0 fully saturated rings. The molecule has 1 heterocycles. The Kier molecular flexibility index (Phi) is 5.27. The lowest BCUT2D eigenvalue weighted by Gasteiger charge is -2.10. The van der Waals surface area contributed by atoms with E-state index in [1.807, 2.05) is 60.7 Å². The molecule has 0 aliphatic carbocycles. The highest BCUT2D eigenvalue weighted by Crippen LogP contribution is 2.36. The van der Waals surface area contributed by atoms with E-state index < -0.39 is 5.97 Å². The van der Waals surface area contributed by atoms with E-state index in [0.29, 0.717) is 16.4 Å². The smallest absolute Gasteiger partial charge is 0.325 e. The molecule has 1 aromatic heterocycles. The zero-order valence-corrected chi connectivity index (χ0v) is 15.9. The molecule has 0 spiro atoms. The van der Waals surface area contributed by atoms with E-state index in [2.05, 4.69) is 15.5 Å². The highest BCUT2D eigenvalue weighted by Gasteiger charge is 2.13. The van der Waals surface area contributed by atoms with Gasteiger partial charge in [0.25, 0.3) is 0 Å². The number of hydrogen-bond donors (Lipinski definition) is 2. The van der Waals surface area contributed by atoms with Crippen LogP contribution in [-0.4, -0.2) is 29.0 Å². The van der Waals surface area contributed by atoms with Gasteiger partial charge in [0.1, 0.15) is 6.54 Å². The van der Waals surface area contributed by atoms with Gasteiger partial charge in [-0.15, -0.1) is 0 Å². The van der Waals surface area contributed by atoms with Crippen LogP contribution in [0.3, 0.4) is 0 Å². The number of nitrogens with zero attached hydrogens (tertiary/aromatic N) is 2. The Labute approximate surface area is 171 Å². The molecule has 0 radical (unpaired) electrons. The van der Waals surface area contributed by atoms with Crippen molar-refractivity contribution in [3.8, 4) is 11.1 Å². The van der Waals surface area contributed by atoms with Crippen LogP contribution in [-0.2, 0) is 4.79 Å². The third-order valence-corrected chi connectivity index (χ3v) is 4.71. The molecule has 0 atom stereocenters. The average Bonchev–Trinajstić information content (AvgIpc) is 3.12. The third-order valence-electron chi connectivity index (χ3n) is 4.30. The molecule has 0 amide bonds. The number of carboxylic acid groups (broad SMARTS) is 1. The topological polar surface area (TPSA) is 87.7 Å². The van der Waals surface area contributed by atoms with Crippen LogP contribution in [0.2, 0.25) is 5.02 Å². The standard InChI is InChI=1S/C22H16ClN3O3/c23-21-16(15-5-2-1-3-6-15)7-4-8-18(21)25-22-17-10-9-14(11-19(17)29-26-22)12-24-13-20(27)28/h1-12H,13H2,(H,25,26)(H,27,28). The van der Waals surface area contributed by atoms with E-state index in [1.54, 1.807) is 6.07 Å². The molecule has 0 unspecified atom stereocenters. The molecule has 0 bridgehead atoms. The molecule has 0 saturated carbocycles. The van der Waals surface area contributed by atoms with Crippen LogP contribution in [0.1, 0.15) is 5.56 Å². The maximum Gasteiger partial charge on any atom is 0.325 e. The van der Waals surface area contributed by atoms with Gasteiger partial charge in [-0.05, 0) is 29.3 Å². The number of carbonyl (C=O) groups is 1. The first-order valence-corrected chi connectivity index (χ1v) is 9.21. The summed E-state index contributed by atoms with van der Waals surface area (Å²) in [6.07, 6.45) is 1.49. The van der Waals surface area contributed by atoms with Crippen molar-refractivity contribution in [2.75, 3.05) is 11.9 Å². The van der Waals surface area contributed by atoms with Crippen molar-refractivity contribution in [3.05, 3.63) is 77.3 Å². The Morgan fingerprint density at radius 3 is 2.76 bits per heavy atom.